The molecule has 0 saturated heterocycles. The summed E-state index contributed by atoms with van der Waals surface area (Å²) in [7, 11) is 1.50. The van der Waals surface area contributed by atoms with Crippen LogP contribution < -0.4 is 20.1 Å². The summed E-state index contributed by atoms with van der Waals surface area (Å²) in [5.74, 6) is 0.487. The number of hydrogen-bond donors (Lipinski definition) is 2. The number of carbonyl (C=O) groups is 1. The van der Waals surface area contributed by atoms with Gasteiger partial charge in [0, 0.05) is 22.0 Å². The summed E-state index contributed by atoms with van der Waals surface area (Å²) < 4.78 is 27.3. The van der Waals surface area contributed by atoms with Crippen LogP contribution in [0.15, 0.2) is 78.3 Å². The van der Waals surface area contributed by atoms with Crippen molar-refractivity contribution in [2.24, 2.45) is 0 Å². The van der Waals surface area contributed by atoms with Crippen LogP contribution in [-0.4, -0.2) is 27.8 Å². The highest BCUT2D eigenvalue weighted by atomic mass is 35.5. The molecule has 0 saturated carbocycles. The molecular formula is C27H22Cl2FN5O3. The molecule has 1 aliphatic heterocycles. The van der Waals surface area contributed by atoms with Gasteiger partial charge in [0.15, 0.2) is 11.5 Å². The van der Waals surface area contributed by atoms with Gasteiger partial charge in [0.05, 0.1) is 17.7 Å². The monoisotopic (exact) mass is 553 g/mol. The predicted molar refractivity (Wildman–Crippen MR) is 143 cm³/mol. The molecule has 2 N–H and O–H groups in total. The fraction of sp³-hybridized carbons (Fsp3) is 0.148. The number of allylic oxidation sites excluding steroid dienone is 1. The maximum absolute atomic E-state index is 14.2. The number of anilines is 2. The van der Waals surface area contributed by atoms with Gasteiger partial charge in [-0.25, -0.2) is 9.07 Å². The smallest absolute Gasteiger partial charge is 0.255 e. The number of nitrogens with zero attached hydrogens (tertiary/aromatic N) is 3. The summed E-state index contributed by atoms with van der Waals surface area (Å²) in [5.41, 5.74) is 2.59. The minimum absolute atomic E-state index is 0.0878. The summed E-state index contributed by atoms with van der Waals surface area (Å²) in [5, 5.41) is 11.2. The van der Waals surface area contributed by atoms with E-state index < -0.39 is 11.9 Å². The predicted octanol–water partition coefficient (Wildman–Crippen LogP) is 6.24. The van der Waals surface area contributed by atoms with Crippen LogP contribution in [-0.2, 0) is 11.4 Å². The second-order valence-electron chi connectivity index (χ2n) is 8.45. The van der Waals surface area contributed by atoms with Gasteiger partial charge in [-0.2, -0.15) is 10.1 Å². The minimum Gasteiger partial charge on any atom is -0.493 e. The number of benzene rings is 3. The first-order chi connectivity index (χ1) is 18.4. The SMILES string of the molecule is COc1cc([C@@H]2C(C(=O)Nc3ccc(Cl)cc3)=C(C)Nc3ncnn32)ccc1OCc1c(F)cccc1Cl. The van der Waals surface area contributed by atoms with Crippen molar-refractivity contribution in [2.45, 2.75) is 19.6 Å². The first kappa shape index (κ1) is 25.6. The number of halogens is 3. The fourth-order valence-electron chi connectivity index (χ4n) is 4.22. The maximum atomic E-state index is 14.2. The van der Waals surface area contributed by atoms with Crippen LogP contribution in [0.4, 0.5) is 16.0 Å². The molecule has 0 fully saturated rings. The van der Waals surface area contributed by atoms with Crippen molar-refractivity contribution in [3.8, 4) is 11.5 Å². The van der Waals surface area contributed by atoms with Crippen LogP contribution in [0.1, 0.15) is 24.1 Å². The molecule has 0 unspecified atom stereocenters. The number of rotatable bonds is 7. The van der Waals surface area contributed by atoms with Crippen LogP contribution in [0.3, 0.4) is 0 Å². The number of fused-ring (bicyclic) bond motifs is 1. The second kappa shape index (κ2) is 10.7. The van der Waals surface area contributed by atoms with Crippen molar-refractivity contribution in [1.82, 2.24) is 14.8 Å². The summed E-state index contributed by atoms with van der Waals surface area (Å²) >= 11 is 12.1. The van der Waals surface area contributed by atoms with Gasteiger partial charge in [-0.1, -0.05) is 35.3 Å². The zero-order valence-corrected chi connectivity index (χ0v) is 21.8. The molecule has 8 nitrogen and oxygen atoms in total. The van der Waals surface area contributed by atoms with Crippen molar-refractivity contribution < 1.29 is 18.7 Å². The molecule has 1 aliphatic rings. The van der Waals surface area contributed by atoms with E-state index in [4.69, 9.17) is 32.7 Å². The number of methoxy groups -OCH3 is 1. The van der Waals surface area contributed by atoms with E-state index in [9.17, 15) is 9.18 Å². The molecule has 1 atom stereocenters. The van der Waals surface area contributed by atoms with Crippen molar-refractivity contribution in [1.29, 1.82) is 0 Å². The van der Waals surface area contributed by atoms with Gasteiger partial charge in [-0.3, -0.25) is 4.79 Å². The first-order valence-corrected chi connectivity index (χ1v) is 12.3. The average molecular weight is 554 g/mol. The Hall–Kier alpha value is -4.08. The van der Waals surface area contributed by atoms with Crippen LogP contribution in [0.5, 0.6) is 11.5 Å². The van der Waals surface area contributed by atoms with E-state index in [2.05, 4.69) is 20.7 Å². The Labute approximate surface area is 228 Å². The Morgan fingerprint density at radius 2 is 1.92 bits per heavy atom. The highest BCUT2D eigenvalue weighted by Gasteiger charge is 2.34. The van der Waals surface area contributed by atoms with E-state index in [1.54, 1.807) is 60.1 Å². The maximum Gasteiger partial charge on any atom is 0.255 e. The zero-order chi connectivity index (χ0) is 26.8. The molecule has 2 heterocycles. The van der Waals surface area contributed by atoms with Gasteiger partial charge in [-0.05, 0) is 61.0 Å². The first-order valence-electron chi connectivity index (χ1n) is 11.5. The topological polar surface area (TPSA) is 90.3 Å². The molecule has 0 spiro atoms. The lowest BCUT2D eigenvalue weighted by Crippen LogP contribution is -2.31. The molecular weight excluding hydrogens is 532 g/mol. The van der Waals surface area contributed by atoms with Crippen LogP contribution in [0.25, 0.3) is 0 Å². The number of nitrogens with one attached hydrogen (secondary N) is 2. The molecule has 1 aromatic heterocycles. The molecule has 1 amide bonds. The summed E-state index contributed by atoms with van der Waals surface area (Å²) in [6.07, 6.45) is 1.41. The largest absolute Gasteiger partial charge is 0.493 e. The third kappa shape index (κ3) is 5.03. The zero-order valence-electron chi connectivity index (χ0n) is 20.3. The molecule has 194 valence electrons. The molecule has 0 aliphatic carbocycles. The van der Waals surface area contributed by atoms with Gasteiger partial charge in [0.1, 0.15) is 24.8 Å². The standard InChI is InChI=1S/C27H22Cl2FN5O3/c1-15-24(26(36)34-18-9-7-17(28)8-10-18)25(35-27(33-15)31-14-32-35)16-6-11-22(23(12-16)37-2)38-13-19-20(29)4-3-5-21(19)30/h3-12,14,25H,13H2,1-2H3,(H,34,36)(H,31,32,33)/t25-/m1/s1. The lowest BCUT2D eigenvalue weighted by molar-refractivity contribution is -0.113. The van der Waals surface area contributed by atoms with E-state index in [1.807, 2.05) is 0 Å². The lowest BCUT2D eigenvalue weighted by atomic mass is 9.94. The number of carbonyl (C=O) groups excluding carboxylic acids is 1. The molecule has 0 bridgehead atoms. The second-order valence-corrected chi connectivity index (χ2v) is 9.30. The summed E-state index contributed by atoms with van der Waals surface area (Å²) in [6.45, 7) is 1.71. The van der Waals surface area contributed by atoms with E-state index in [0.29, 0.717) is 45.0 Å². The van der Waals surface area contributed by atoms with E-state index in [0.717, 1.165) is 0 Å². The molecule has 0 radical (unpaired) electrons. The Morgan fingerprint density at radius 1 is 1.13 bits per heavy atom. The van der Waals surface area contributed by atoms with Crippen molar-refractivity contribution in [2.75, 3.05) is 17.7 Å². The van der Waals surface area contributed by atoms with Gasteiger partial charge >= 0.3 is 0 Å². The van der Waals surface area contributed by atoms with Crippen molar-refractivity contribution in [3.63, 3.8) is 0 Å². The van der Waals surface area contributed by atoms with Gasteiger partial charge < -0.3 is 20.1 Å². The minimum atomic E-state index is -0.620. The number of aromatic nitrogens is 3. The fourth-order valence-corrected chi connectivity index (χ4v) is 4.56. The van der Waals surface area contributed by atoms with Crippen molar-refractivity contribution >= 4 is 40.7 Å². The van der Waals surface area contributed by atoms with Gasteiger partial charge in [0.2, 0.25) is 5.95 Å². The molecule has 38 heavy (non-hydrogen) atoms. The normalized spacial score (nSPS) is 14.5. The van der Waals surface area contributed by atoms with Crippen LogP contribution in [0.2, 0.25) is 10.0 Å². The quantitative estimate of drug-likeness (QED) is 0.281. The molecule has 3 aromatic carbocycles. The Morgan fingerprint density at radius 3 is 2.66 bits per heavy atom. The molecule has 5 rings (SSSR count). The highest BCUT2D eigenvalue weighted by Crippen LogP contribution is 2.39. The Bertz CT molecular complexity index is 1520. The Balaban J connectivity index is 1.48. The van der Waals surface area contributed by atoms with Gasteiger partial charge in [-0.15, -0.1) is 0 Å². The number of ether oxygens (including phenoxy) is 2. The highest BCUT2D eigenvalue weighted by molar-refractivity contribution is 6.31. The number of hydrogen-bond acceptors (Lipinski definition) is 6. The van der Waals surface area contributed by atoms with E-state index in [1.165, 1.54) is 25.6 Å². The van der Waals surface area contributed by atoms with E-state index in [-0.39, 0.29) is 23.1 Å². The van der Waals surface area contributed by atoms with Crippen LogP contribution in [0, 0.1) is 5.82 Å². The summed E-state index contributed by atoms with van der Waals surface area (Å²) in [6, 6.07) is 15.9. The van der Waals surface area contributed by atoms with Crippen LogP contribution >= 0.6 is 23.2 Å². The number of amides is 1. The third-order valence-electron chi connectivity index (χ3n) is 6.08. The lowest BCUT2D eigenvalue weighted by Gasteiger charge is -2.29. The third-order valence-corrected chi connectivity index (χ3v) is 6.68. The van der Waals surface area contributed by atoms with Crippen molar-refractivity contribution in [3.05, 3.63) is 105 Å². The average Bonchev–Trinajstić information content (AvgIpc) is 3.37. The summed E-state index contributed by atoms with van der Waals surface area (Å²) in [4.78, 5) is 17.8. The van der Waals surface area contributed by atoms with Gasteiger partial charge in [0.25, 0.3) is 5.91 Å². The molecule has 11 heteroatoms. The Kier molecular flexibility index (Phi) is 7.22. The molecule has 4 aromatic rings. The van der Waals surface area contributed by atoms with E-state index >= 15 is 0 Å².